The Balaban J connectivity index is 0.00000361. The molecule has 20 heavy (non-hydrogen) atoms. The van der Waals surface area contributed by atoms with Gasteiger partial charge in [-0.2, -0.15) is 13.2 Å². The lowest BCUT2D eigenvalue weighted by Gasteiger charge is -2.12. The van der Waals surface area contributed by atoms with E-state index in [1.54, 1.807) is 7.05 Å². The number of sulfonamides is 1. The van der Waals surface area contributed by atoms with Crippen LogP contribution in [0.3, 0.4) is 0 Å². The van der Waals surface area contributed by atoms with Crippen LogP contribution in [-0.2, 0) is 16.2 Å². The SMILES string of the molecule is CNCCNS(=O)(=O)c1ccc(C)c(C(F)(F)F)c1.Cl. The fourth-order valence-corrected chi connectivity index (χ4v) is 2.53. The van der Waals surface area contributed by atoms with E-state index < -0.39 is 21.8 Å². The molecule has 0 aliphatic carbocycles. The average molecular weight is 333 g/mol. The summed E-state index contributed by atoms with van der Waals surface area (Å²) in [6.45, 7) is 1.78. The van der Waals surface area contributed by atoms with E-state index in [0.717, 1.165) is 12.1 Å². The van der Waals surface area contributed by atoms with Gasteiger partial charge in [0.1, 0.15) is 0 Å². The molecule has 0 amide bonds. The van der Waals surface area contributed by atoms with E-state index in [1.807, 2.05) is 0 Å². The molecule has 116 valence electrons. The molecule has 0 aliphatic heterocycles. The highest BCUT2D eigenvalue weighted by molar-refractivity contribution is 7.89. The third-order valence-electron chi connectivity index (χ3n) is 2.49. The molecule has 0 fully saturated rings. The van der Waals surface area contributed by atoms with Crippen molar-refractivity contribution in [2.75, 3.05) is 20.1 Å². The maximum atomic E-state index is 12.7. The van der Waals surface area contributed by atoms with Crippen LogP contribution in [-0.4, -0.2) is 28.6 Å². The first-order valence-corrected chi connectivity index (χ1v) is 6.99. The van der Waals surface area contributed by atoms with Crippen molar-refractivity contribution < 1.29 is 21.6 Å². The molecule has 0 aliphatic rings. The summed E-state index contributed by atoms with van der Waals surface area (Å²) in [5.41, 5.74) is -0.953. The second-order valence-corrected chi connectivity index (χ2v) is 5.74. The molecule has 0 spiro atoms. The van der Waals surface area contributed by atoms with Gasteiger partial charge in [-0.05, 0) is 31.7 Å². The lowest BCUT2D eigenvalue weighted by atomic mass is 10.1. The molecular formula is C11H16ClF3N2O2S. The summed E-state index contributed by atoms with van der Waals surface area (Å²) < 4.78 is 63.9. The first-order chi connectivity index (χ1) is 8.68. The Morgan fingerprint density at radius 1 is 1.20 bits per heavy atom. The quantitative estimate of drug-likeness (QED) is 0.810. The third kappa shape index (κ3) is 4.93. The molecule has 9 heteroatoms. The minimum absolute atomic E-state index is 0. The number of benzene rings is 1. The van der Waals surface area contributed by atoms with Gasteiger partial charge in [0, 0.05) is 13.1 Å². The van der Waals surface area contributed by atoms with Gasteiger partial charge in [-0.25, -0.2) is 13.1 Å². The number of rotatable bonds is 5. The predicted molar refractivity (Wildman–Crippen MR) is 72.5 cm³/mol. The largest absolute Gasteiger partial charge is 0.416 e. The Morgan fingerprint density at radius 2 is 1.80 bits per heavy atom. The fourth-order valence-electron chi connectivity index (χ4n) is 1.47. The highest BCUT2D eigenvalue weighted by Gasteiger charge is 2.33. The number of hydrogen-bond donors (Lipinski definition) is 2. The molecule has 0 aromatic heterocycles. The van der Waals surface area contributed by atoms with Crippen molar-refractivity contribution in [3.63, 3.8) is 0 Å². The van der Waals surface area contributed by atoms with Crippen molar-refractivity contribution in [2.24, 2.45) is 0 Å². The molecule has 4 nitrogen and oxygen atoms in total. The topological polar surface area (TPSA) is 58.2 Å². The van der Waals surface area contributed by atoms with Crippen LogP contribution in [0.25, 0.3) is 0 Å². The first-order valence-electron chi connectivity index (χ1n) is 5.50. The van der Waals surface area contributed by atoms with Crippen molar-refractivity contribution in [1.29, 1.82) is 0 Å². The van der Waals surface area contributed by atoms with Crippen LogP contribution >= 0.6 is 12.4 Å². The van der Waals surface area contributed by atoms with Crippen LogP contribution in [0.2, 0.25) is 0 Å². The second kappa shape index (κ2) is 7.26. The van der Waals surface area contributed by atoms with Gasteiger partial charge in [0.15, 0.2) is 0 Å². The maximum absolute atomic E-state index is 12.7. The van der Waals surface area contributed by atoms with Gasteiger partial charge in [0.25, 0.3) is 0 Å². The van der Waals surface area contributed by atoms with E-state index in [-0.39, 0.29) is 29.4 Å². The summed E-state index contributed by atoms with van der Waals surface area (Å²) in [6, 6.07) is 2.96. The van der Waals surface area contributed by atoms with E-state index in [0.29, 0.717) is 12.6 Å². The van der Waals surface area contributed by atoms with Crippen LogP contribution in [0.5, 0.6) is 0 Å². The van der Waals surface area contributed by atoms with Gasteiger partial charge in [-0.1, -0.05) is 6.07 Å². The maximum Gasteiger partial charge on any atom is 0.416 e. The standard InChI is InChI=1S/C11H15F3N2O2S.ClH/c1-8-3-4-9(7-10(8)11(12,13)14)19(17,18)16-6-5-15-2;/h3-4,7,15-16H,5-6H2,1-2H3;1H. The van der Waals surface area contributed by atoms with Gasteiger partial charge < -0.3 is 5.32 Å². The highest BCUT2D eigenvalue weighted by atomic mass is 35.5. The fraction of sp³-hybridized carbons (Fsp3) is 0.455. The number of aryl methyl sites for hydroxylation is 1. The smallest absolute Gasteiger partial charge is 0.318 e. The van der Waals surface area contributed by atoms with Crippen LogP contribution in [0.15, 0.2) is 23.1 Å². The second-order valence-electron chi connectivity index (χ2n) is 3.98. The molecule has 0 heterocycles. The molecule has 0 saturated heterocycles. The summed E-state index contributed by atoms with van der Waals surface area (Å²) in [4.78, 5) is -0.387. The number of halogens is 4. The first kappa shape index (κ1) is 19.2. The number of alkyl halides is 3. The van der Waals surface area contributed by atoms with Crippen LogP contribution in [0.1, 0.15) is 11.1 Å². The van der Waals surface area contributed by atoms with Gasteiger partial charge in [0.05, 0.1) is 10.5 Å². The summed E-state index contributed by atoms with van der Waals surface area (Å²) >= 11 is 0. The third-order valence-corrected chi connectivity index (χ3v) is 3.95. The van der Waals surface area contributed by atoms with E-state index in [9.17, 15) is 21.6 Å². The van der Waals surface area contributed by atoms with Crippen LogP contribution in [0, 0.1) is 6.92 Å². The molecule has 1 aromatic rings. The molecule has 2 N–H and O–H groups in total. The summed E-state index contributed by atoms with van der Waals surface area (Å²) in [7, 11) is -2.28. The van der Waals surface area contributed by atoms with E-state index in [1.165, 1.54) is 6.92 Å². The van der Waals surface area contributed by atoms with E-state index in [4.69, 9.17) is 0 Å². The zero-order valence-electron chi connectivity index (χ0n) is 10.9. The number of likely N-dealkylation sites (N-methyl/N-ethyl adjacent to an activating group) is 1. The van der Waals surface area contributed by atoms with Gasteiger partial charge in [0.2, 0.25) is 10.0 Å². The molecular weight excluding hydrogens is 317 g/mol. The Kier molecular flexibility index (Phi) is 6.96. The lowest BCUT2D eigenvalue weighted by molar-refractivity contribution is -0.138. The van der Waals surface area contributed by atoms with Crippen molar-refractivity contribution in [1.82, 2.24) is 10.0 Å². The average Bonchev–Trinajstić information content (AvgIpc) is 2.27. The molecule has 0 unspecified atom stereocenters. The predicted octanol–water partition coefficient (Wildman–Crippen LogP) is 1.93. The number of hydrogen-bond acceptors (Lipinski definition) is 3. The zero-order chi connectivity index (χ0) is 14.7. The Labute approximate surface area is 122 Å². The zero-order valence-corrected chi connectivity index (χ0v) is 12.5. The molecule has 1 rings (SSSR count). The highest BCUT2D eigenvalue weighted by Crippen LogP contribution is 2.33. The van der Waals surface area contributed by atoms with Crippen LogP contribution < -0.4 is 10.0 Å². The Morgan fingerprint density at radius 3 is 2.30 bits per heavy atom. The van der Waals surface area contributed by atoms with Gasteiger partial charge >= 0.3 is 6.18 Å². The van der Waals surface area contributed by atoms with Crippen molar-refractivity contribution >= 4 is 22.4 Å². The molecule has 0 atom stereocenters. The molecule has 0 saturated carbocycles. The summed E-state index contributed by atoms with van der Waals surface area (Å²) in [5.74, 6) is 0. The van der Waals surface area contributed by atoms with Crippen molar-refractivity contribution in [3.8, 4) is 0 Å². The Bertz CT molecular complexity index is 547. The minimum atomic E-state index is -4.57. The van der Waals surface area contributed by atoms with Gasteiger partial charge in [-0.15, -0.1) is 12.4 Å². The van der Waals surface area contributed by atoms with Crippen molar-refractivity contribution in [2.45, 2.75) is 18.0 Å². The number of nitrogens with one attached hydrogen (secondary N) is 2. The summed E-state index contributed by atoms with van der Waals surface area (Å²) in [5, 5.41) is 2.73. The summed E-state index contributed by atoms with van der Waals surface area (Å²) in [6.07, 6.45) is -4.57. The van der Waals surface area contributed by atoms with E-state index >= 15 is 0 Å². The monoisotopic (exact) mass is 332 g/mol. The minimum Gasteiger partial charge on any atom is -0.318 e. The lowest BCUT2D eigenvalue weighted by Crippen LogP contribution is -2.30. The van der Waals surface area contributed by atoms with Crippen LogP contribution in [0.4, 0.5) is 13.2 Å². The molecule has 0 radical (unpaired) electrons. The van der Waals surface area contributed by atoms with Crippen molar-refractivity contribution in [3.05, 3.63) is 29.3 Å². The van der Waals surface area contributed by atoms with E-state index in [2.05, 4.69) is 10.0 Å². The molecule has 0 bridgehead atoms. The van der Waals surface area contributed by atoms with Gasteiger partial charge in [-0.3, -0.25) is 0 Å². The molecule has 1 aromatic carbocycles. The normalized spacial score (nSPS) is 12.1. The Hall–Kier alpha value is -0.830.